The van der Waals surface area contributed by atoms with Crippen molar-refractivity contribution in [1.82, 2.24) is 0 Å². The molecule has 0 heterocycles. The Kier molecular flexibility index (Phi) is 3.66. The van der Waals surface area contributed by atoms with Gasteiger partial charge in [-0.3, -0.25) is 0 Å². The van der Waals surface area contributed by atoms with Gasteiger partial charge in [-0.2, -0.15) is 0 Å². The van der Waals surface area contributed by atoms with Crippen LogP contribution >= 0.6 is 0 Å². The summed E-state index contributed by atoms with van der Waals surface area (Å²) in [4.78, 5) is 0. The van der Waals surface area contributed by atoms with Crippen LogP contribution < -0.4 is 4.74 Å². The van der Waals surface area contributed by atoms with Crippen LogP contribution in [0, 0.1) is 6.61 Å². The standard InChI is InChI=1S/C15H15O2/c1-2-11-17-14-10-6-9-13(15(14)16)12-7-4-3-5-8-12/h3-11,16H,2H2,1H3. The Morgan fingerprint density at radius 3 is 2.53 bits per heavy atom. The number of hydrogen-bond donors (Lipinski definition) is 1. The topological polar surface area (TPSA) is 29.5 Å². The number of benzene rings is 2. The number of phenolic OH excluding ortho intramolecular Hbond substituents is 1. The highest BCUT2D eigenvalue weighted by molar-refractivity contribution is 5.73. The third-order valence-corrected chi connectivity index (χ3v) is 2.46. The first-order valence-electron chi connectivity index (χ1n) is 5.68. The largest absolute Gasteiger partial charge is 0.504 e. The quantitative estimate of drug-likeness (QED) is 0.855. The summed E-state index contributed by atoms with van der Waals surface area (Å²) in [7, 11) is 0. The molecular formula is C15H15O2. The minimum atomic E-state index is 0.184. The second-order valence-electron chi connectivity index (χ2n) is 3.71. The van der Waals surface area contributed by atoms with E-state index >= 15 is 0 Å². The Morgan fingerprint density at radius 2 is 1.82 bits per heavy atom. The summed E-state index contributed by atoms with van der Waals surface area (Å²) in [5, 5.41) is 10.1. The molecule has 0 atom stereocenters. The summed E-state index contributed by atoms with van der Waals surface area (Å²) in [5.74, 6) is 0.677. The zero-order valence-electron chi connectivity index (χ0n) is 9.76. The maximum atomic E-state index is 10.1. The molecule has 0 aromatic heterocycles. The maximum Gasteiger partial charge on any atom is 0.165 e. The van der Waals surface area contributed by atoms with Gasteiger partial charge in [-0.05, 0) is 18.1 Å². The van der Waals surface area contributed by atoms with Crippen LogP contribution in [0.25, 0.3) is 11.1 Å². The van der Waals surface area contributed by atoms with Crippen LogP contribution in [0.2, 0.25) is 0 Å². The van der Waals surface area contributed by atoms with Gasteiger partial charge in [-0.15, -0.1) is 0 Å². The molecule has 0 unspecified atom stereocenters. The number of phenols is 1. The molecule has 1 radical (unpaired) electrons. The van der Waals surface area contributed by atoms with Crippen molar-refractivity contribution in [2.75, 3.05) is 0 Å². The smallest absolute Gasteiger partial charge is 0.165 e. The Labute approximate surface area is 101 Å². The van der Waals surface area contributed by atoms with Gasteiger partial charge in [0.1, 0.15) is 6.61 Å². The van der Waals surface area contributed by atoms with Crippen molar-refractivity contribution in [1.29, 1.82) is 0 Å². The zero-order valence-corrected chi connectivity index (χ0v) is 9.76. The highest BCUT2D eigenvalue weighted by Gasteiger charge is 2.09. The summed E-state index contributed by atoms with van der Waals surface area (Å²) in [6.45, 7) is 3.65. The SMILES string of the molecule is CC[CH]Oc1cccc(-c2ccccc2)c1O. The van der Waals surface area contributed by atoms with Gasteiger partial charge in [0.05, 0.1) is 0 Å². The fraction of sp³-hybridized carbons (Fsp3) is 0.133. The van der Waals surface area contributed by atoms with E-state index in [0.717, 1.165) is 17.5 Å². The van der Waals surface area contributed by atoms with E-state index in [1.165, 1.54) is 0 Å². The molecule has 0 saturated carbocycles. The van der Waals surface area contributed by atoms with Crippen molar-refractivity contribution < 1.29 is 9.84 Å². The van der Waals surface area contributed by atoms with Gasteiger partial charge in [0.25, 0.3) is 0 Å². The number of rotatable bonds is 4. The van der Waals surface area contributed by atoms with Crippen LogP contribution in [0.5, 0.6) is 11.5 Å². The normalized spacial score (nSPS) is 10.2. The lowest BCUT2D eigenvalue weighted by atomic mass is 10.0. The maximum absolute atomic E-state index is 10.1. The van der Waals surface area contributed by atoms with Crippen molar-refractivity contribution in [3.05, 3.63) is 55.1 Å². The van der Waals surface area contributed by atoms with E-state index in [0.29, 0.717) is 5.75 Å². The molecule has 0 saturated heterocycles. The Bertz CT molecular complexity index is 478. The molecule has 0 amide bonds. The molecule has 0 aliphatic heterocycles. The second kappa shape index (κ2) is 5.39. The summed E-state index contributed by atoms with van der Waals surface area (Å²) in [6.07, 6.45) is 0.801. The van der Waals surface area contributed by atoms with E-state index < -0.39 is 0 Å². The van der Waals surface area contributed by atoms with E-state index in [9.17, 15) is 5.11 Å². The Morgan fingerprint density at radius 1 is 1.06 bits per heavy atom. The van der Waals surface area contributed by atoms with E-state index in [4.69, 9.17) is 4.74 Å². The highest BCUT2D eigenvalue weighted by atomic mass is 16.5. The van der Waals surface area contributed by atoms with Gasteiger partial charge in [0.15, 0.2) is 11.5 Å². The minimum absolute atomic E-state index is 0.184. The van der Waals surface area contributed by atoms with Crippen LogP contribution in [0.15, 0.2) is 48.5 Å². The van der Waals surface area contributed by atoms with Gasteiger partial charge in [0, 0.05) is 5.56 Å². The fourth-order valence-corrected chi connectivity index (χ4v) is 1.64. The number of para-hydroxylation sites is 1. The van der Waals surface area contributed by atoms with Crippen molar-refractivity contribution in [2.45, 2.75) is 13.3 Å². The fourth-order valence-electron chi connectivity index (χ4n) is 1.64. The average Bonchev–Trinajstić information content (AvgIpc) is 2.39. The lowest BCUT2D eigenvalue weighted by Gasteiger charge is -2.10. The molecule has 1 N–H and O–H groups in total. The van der Waals surface area contributed by atoms with Gasteiger partial charge >= 0.3 is 0 Å². The van der Waals surface area contributed by atoms with E-state index in [2.05, 4.69) is 0 Å². The first-order chi connectivity index (χ1) is 8.33. The molecule has 2 nitrogen and oxygen atoms in total. The molecule has 2 rings (SSSR count). The predicted molar refractivity (Wildman–Crippen MR) is 68.8 cm³/mol. The van der Waals surface area contributed by atoms with Crippen molar-refractivity contribution >= 4 is 0 Å². The van der Waals surface area contributed by atoms with E-state index in [1.807, 2.05) is 49.4 Å². The van der Waals surface area contributed by atoms with Gasteiger partial charge in [-0.1, -0.05) is 49.4 Å². The first-order valence-corrected chi connectivity index (χ1v) is 5.68. The van der Waals surface area contributed by atoms with Crippen LogP contribution in [0.3, 0.4) is 0 Å². The molecule has 0 aliphatic rings. The molecule has 17 heavy (non-hydrogen) atoms. The first kappa shape index (κ1) is 11.5. The van der Waals surface area contributed by atoms with Crippen LogP contribution in [-0.2, 0) is 0 Å². The lowest BCUT2D eigenvalue weighted by Crippen LogP contribution is -1.90. The third kappa shape index (κ3) is 2.59. The summed E-state index contributed by atoms with van der Waals surface area (Å²) in [5.41, 5.74) is 1.76. The molecule has 0 fully saturated rings. The molecule has 2 aromatic rings. The van der Waals surface area contributed by atoms with E-state index in [1.54, 1.807) is 12.7 Å². The zero-order chi connectivity index (χ0) is 12.1. The molecule has 87 valence electrons. The van der Waals surface area contributed by atoms with Gasteiger partial charge < -0.3 is 9.84 Å². The van der Waals surface area contributed by atoms with Gasteiger partial charge in [0.2, 0.25) is 0 Å². The summed E-state index contributed by atoms with van der Waals surface area (Å²) >= 11 is 0. The second-order valence-corrected chi connectivity index (χ2v) is 3.71. The van der Waals surface area contributed by atoms with Crippen molar-refractivity contribution in [3.63, 3.8) is 0 Å². The number of ether oxygens (including phenoxy) is 1. The Balaban J connectivity index is 2.36. The molecule has 2 aromatic carbocycles. The molecular weight excluding hydrogens is 212 g/mol. The molecule has 0 spiro atoms. The number of hydrogen-bond acceptors (Lipinski definition) is 2. The van der Waals surface area contributed by atoms with Crippen molar-refractivity contribution in [3.8, 4) is 22.6 Å². The predicted octanol–water partition coefficient (Wildman–Crippen LogP) is 4.01. The Hall–Kier alpha value is -1.96. The minimum Gasteiger partial charge on any atom is -0.504 e. The number of aromatic hydroxyl groups is 1. The average molecular weight is 227 g/mol. The molecule has 0 aliphatic carbocycles. The lowest BCUT2D eigenvalue weighted by molar-refractivity contribution is 0.364. The summed E-state index contributed by atoms with van der Waals surface area (Å²) < 4.78 is 5.37. The summed E-state index contributed by atoms with van der Waals surface area (Å²) in [6, 6.07) is 15.3. The van der Waals surface area contributed by atoms with Gasteiger partial charge in [-0.25, -0.2) is 0 Å². The monoisotopic (exact) mass is 227 g/mol. The molecule has 0 bridgehead atoms. The molecule has 2 heteroatoms. The third-order valence-electron chi connectivity index (χ3n) is 2.46. The van der Waals surface area contributed by atoms with Crippen molar-refractivity contribution in [2.24, 2.45) is 0 Å². The van der Waals surface area contributed by atoms with E-state index in [-0.39, 0.29) is 5.75 Å². The van der Waals surface area contributed by atoms with Crippen LogP contribution in [0.1, 0.15) is 13.3 Å². The van der Waals surface area contributed by atoms with Crippen LogP contribution in [0.4, 0.5) is 0 Å². The highest BCUT2D eigenvalue weighted by Crippen LogP contribution is 2.37. The van der Waals surface area contributed by atoms with Crippen LogP contribution in [-0.4, -0.2) is 5.11 Å².